The Balaban J connectivity index is 1.17. The molecule has 0 N–H and O–H groups in total. The van der Waals surface area contributed by atoms with Crippen molar-refractivity contribution in [2.45, 2.75) is 52.4 Å². The molecule has 0 spiro atoms. The quantitative estimate of drug-likeness (QED) is 0.165. The molecule has 0 bridgehead atoms. The Kier molecular flexibility index (Phi) is 8.28. The van der Waals surface area contributed by atoms with Gasteiger partial charge in [-0.15, -0.1) is 0 Å². The van der Waals surface area contributed by atoms with E-state index in [9.17, 15) is 0 Å². The summed E-state index contributed by atoms with van der Waals surface area (Å²) in [6.45, 7) is 14.1. The number of rotatable bonds is 4. The Morgan fingerprint density at radius 3 is 1.35 bits per heavy atom. The molecule has 5 heteroatoms. The largest absolute Gasteiger partial charge is 0.310 e. The van der Waals surface area contributed by atoms with E-state index in [0.717, 1.165) is 27.7 Å². The Morgan fingerprint density at radius 2 is 0.855 bits per heavy atom. The minimum atomic E-state index is -0.114. The minimum absolute atomic E-state index is 0.0229. The number of para-hydroxylation sites is 1. The number of hydrogen-bond acceptors (Lipinski definition) is 2. The van der Waals surface area contributed by atoms with Crippen LogP contribution in [0.1, 0.15) is 52.7 Å². The lowest BCUT2D eigenvalue weighted by molar-refractivity contribution is 0.596. The third-order valence-corrected chi connectivity index (χ3v) is 15.1. The molecule has 0 saturated heterocycles. The summed E-state index contributed by atoms with van der Waals surface area (Å²) >= 11 is 0. The molecule has 0 saturated carbocycles. The van der Waals surface area contributed by atoms with Gasteiger partial charge in [0.15, 0.2) is 5.82 Å². The maximum atomic E-state index is 5.54. The number of hydrogen-bond donors (Lipinski definition) is 0. The first kappa shape index (κ1) is 40.1. The van der Waals surface area contributed by atoms with Crippen molar-refractivity contribution >= 4 is 77.6 Å². The molecule has 2 aliphatic heterocycles. The molecule has 0 radical (unpaired) electrons. The van der Waals surface area contributed by atoms with Gasteiger partial charge in [0.05, 0.1) is 22.2 Å². The van der Waals surface area contributed by atoms with Crippen molar-refractivity contribution in [3.63, 3.8) is 0 Å². The molecule has 4 nitrogen and oxygen atoms in total. The Morgan fingerprint density at radius 1 is 0.391 bits per heavy atom. The highest BCUT2D eigenvalue weighted by molar-refractivity contribution is 7.00. The smallest absolute Gasteiger partial charge is 0.252 e. The molecule has 3 aromatic heterocycles. The van der Waals surface area contributed by atoms with Crippen LogP contribution in [0.4, 0.5) is 0 Å². The summed E-state index contributed by atoms with van der Waals surface area (Å²) in [5.74, 6) is 0.713. The van der Waals surface area contributed by atoms with Crippen LogP contribution >= 0.6 is 0 Å². The first-order chi connectivity index (χ1) is 33.5. The van der Waals surface area contributed by atoms with Crippen molar-refractivity contribution in [1.29, 1.82) is 0 Å². The Bertz CT molecular complexity index is 3930. The maximum Gasteiger partial charge on any atom is 0.252 e. The fraction of sp³-hybridized carbons (Fsp3) is 0.125. The van der Waals surface area contributed by atoms with E-state index in [-0.39, 0.29) is 17.5 Å². The second kappa shape index (κ2) is 14.3. The number of nitrogens with zero attached hydrogens (tertiary/aromatic N) is 4. The zero-order valence-corrected chi connectivity index (χ0v) is 39.8. The highest BCUT2D eigenvalue weighted by Crippen LogP contribution is 2.46. The molecule has 9 aromatic carbocycles. The van der Waals surface area contributed by atoms with Crippen LogP contribution in [0.2, 0.25) is 0 Å². The van der Waals surface area contributed by atoms with Gasteiger partial charge in [-0.05, 0) is 103 Å². The summed E-state index contributed by atoms with van der Waals surface area (Å²) in [5, 5.41) is 6.26. The molecular weight excluding hydrogens is 836 g/mol. The SMILES string of the molecule is CC(C)(C)c1ccc2c3c1c1cc(-c4ccccc4)ccc1n3-c1cc(-c3nc(-c4ccccc4)c4ccccc4n3)cc3c1B2c1ccc(C(C)(C)C)c2c4cc(-c5ccccc5)ccc4n-3c12. The summed E-state index contributed by atoms with van der Waals surface area (Å²) in [7, 11) is 0. The second-order valence-corrected chi connectivity index (χ2v) is 21.4. The predicted octanol–water partition coefficient (Wildman–Crippen LogP) is 14.2. The average Bonchev–Trinajstić information content (AvgIpc) is 3.90. The van der Waals surface area contributed by atoms with E-state index < -0.39 is 0 Å². The molecule has 14 rings (SSSR count). The van der Waals surface area contributed by atoms with Crippen LogP contribution in [0.5, 0.6) is 0 Å². The topological polar surface area (TPSA) is 35.6 Å². The molecule has 0 atom stereocenters. The van der Waals surface area contributed by atoms with E-state index in [4.69, 9.17) is 9.97 Å². The fourth-order valence-electron chi connectivity index (χ4n) is 12.1. The third-order valence-electron chi connectivity index (χ3n) is 15.1. The average molecular weight is 885 g/mol. The zero-order chi connectivity index (χ0) is 46.5. The highest BCUT2D eigenvalue weighted by Gasteiger charge is 2.43. The van der Waals surface area contributed by atoms with Crippen LogP contribution in [0.15, 0.2) is 188 Å². The summed E-state index contributed by atoms with van der Waals surface area (Å²) < 4.78 is 5.21. The van der Waals surface area contributed by atoms with Gasteiger partial charge in [0.25, 0.3) is 6.71 Å². The molecule has 5 heterocycles. The van der Waals surface area contributed by atoms with Crippen molar-refractivity contribution in [3.8, 4) is 56.3 Å². The Labute approximate surface area is 402 Å². The zero-order valence-electron chi connectivity index (χ0n) is 39.8. The molecule has 0 amide bonds. The molecule has 2 aliphatic rings. The predicted molar refractivity (Wildman–Crippen MR) is 292 cm³/mol. The molecule has 12 aromatic rings. The minimum Gasteiger partial charge on any atom is -0.310 e. The van der Waals surface area contributed by atoms with Gasteiger partial charge in [-0.3, -0.25) is 0 Å². The van der Waals surface area contributed by atoms with E-state index in [0.29, 0.717) is 5.82 Å². The first-order valence-electron chi connectivity index (χ1n) is 24.4. The fourth-order valence-corrected chi connectivity index (χ4v) is 12.1. The molecule has 0 unspecified atom stereocenters. The lowest BCUT2D eigenvalue weighted by Crippen LogP contribution is -2.59. The third kappa shape index (κ3) is 5.77. The van der Waals surface area contributed by atoms with Crippen molar-refractivity contribution in [2.24, 2.45) is 0 Å². The van der Waals surface area contributed by atoms with E-state index in [1.807, 2.05) is 0 Å². The van der Waals surface area contributed by atoms with Crippen LogP contribution < -0.4 is 16.4 Å². The molecule has 0 aliphatic carbocycles. The van der Waals surface area contributed by atoms with Gasteiger partial charge in [-0.25, -0.2) is 9.97 Å². The van der Waals surface area contributed by atoms with Crippen molar-refractivity contribution in [3.05, 3.63) is 199 Å². The van der Waals surface area contributed by atoms with Gasteiger partial charge in [0, 0.05) is 60.5 Å². The van der Waals surface area contributed by atoms with Gasteiger partial charge in [-0.2, -0.15) is 0 Å². The molecule has 69 heavy (non-hydrogen) atoms. The van der Waals surface area contributed by atoms with Crippen LogP contribution in [-0.2, 0) is 10.8 Å². The Hall–Kier alpha value is -8.02. The molecular formula is C64H49BN4. The van der Waals surface area contributed by atoms with Crippen LogP contribution in [0, 0.1) is 0 Å². The summed E-state index contributed by atoms with van der Waals surface area (Å²) in [6, 6.07) is 69.6. The molecule has 328 valence electrons. The summed E-state index contributed by atoms with van der Waals surface area (Å²) in [6.07, 6.45) is 0. The van der Waals surface area contributed by atoms with Crippen molar-refractivity contribution < 1.29 is 0 Å². The van der Waals surface area contributed by atoms with Gasteiger partial charge in [0.2, 0.25) is 0 Å². The van der Waals surface area contributed by atoms with Gasteiger partial charge >= 0.3 is 0 Å². The monoisotopic (exact) mass is 884 g/mol. The van der Waals surface area contributed by atoms with Crippen LogP contribution in [0.3, 0.4) is 0 Å². The maximum absolute atomic E-state index is 5.54. The van der Waals surface area contributed by atoms with Crippen LogP contribution in [0.25, 0.3) is 111 Å². The lowest BCUT2D eigenvalue weighted by atomic mass is 9.34. The van der Waals surface area contributed by atoms with Crippen molar-refractivity contribution in [1.82, 2.24) is 19.1 Å². The van der Waals surface area contributed by atoms with E-state index >= 15 is 0 Å². The lowest BCUT2D eigenvalue weighted by Gasteiger charge is -2.35. The van der Waals surface area contributed by atoms with Crippen LogP contribution in [-0.4, -0.2) is 25.8 Å². The van der Waals surface area contributed by atoms with Crippen molar-refractivity contribution in [2.75, 3.05) is 0 Å². The molecule has 0 fully saturated rings. The summed E-state index contributed by atoms with van der Waals surface area (Å²) in [4.78, 5) is 11.0. The number of benzene rings is 9. The second-order valence-electron chi connectivity index (χ2n) is 21.4. The highest BCUT2D eigenvalue weighted by atomic mass is 15.0. The van der Waals surface area contributed by atoms with Gasteiger partial charge in [0.1, 0.15) is 0 Å². The first-order valence-corrected chi connectivity index (χ1v) is 24.4. The van der Waals surface area contributed by atoms with Gasteiger partial charge < -0.3 is 9.13 Å². The van der Waals surface area contributed by atoms with E-state index in [1.165, 1.54) is 105 Å². The normalized spacial score (nSPS) is 13.0. The summed E-state index contributed by atoms with van der Waals surface area (Å²) in [5.41, 5.74) is 22.6. The van der Waals surface area contributed by atoms with E-state index in [2.05, 4.69) is 239 Å². The van der Waals surface area contributed by atoms with E-state index in [1.54, 1.807) is 0 Å². The standard InChI is InChI=1S/C64H49BN4/c1-63(2,3)47-28-30-49-60-56(47)45-34-41(38-18-10-7-11-19-38)26-32-52(45)68(60)54-36-43(62-66-51-25-17-16-24-44(51)59(67-62)40-22-14-9-15-23-40)37-55-58(54)65(49)50-31-29-48(64(4,5)6)57-46-35-42(39-20-12-8-13-21-39)27-33-53(46)69(55)61(50)57/h7-37H,1-6H3. The van der Waals surface area contributed by atoms with Gasteiger partial charge in [-0.1, -0.05) is 187 Å². The number of aromatic nitrogens is 4. The number of fused-ring (bicyclic) bond motifs is 11.